The van der Waals surface area contributed by atoms with E-state index >= 15 is 0 Å². The summed E-state index contributed by atoms with van der Waals surface area (Å²) in [5, 5.41) is 6.60. The molecule has 2 aromatic rings. The highest BCUT2D eigenvalue weighted by Gasteiger charge is 2.19. The van der Waals surface area contributed by atoms with Gasteiger partial charge in [-0.2, -0.15) is 0 Å². The van der Waals surface area contributed by atoms with E-state index in [1.165, 1.54) is 0 Å². The number of aromatic nitrogens is 1. The van der Waals surface area contributed by atoms with Gasteiger partial charge < -0.3 is 15.0 Å². The molecule has 0 amide bonds. The quantitative estimate of drug-likeness (QED) is 0.937. The van der Waals surface area contributed by atoms with Gasteiger partial charge in [-0.25, -0.2) is 4.98 Å². The van der Waals surface area contributed by atoms with Gasteiger partial charge in [-0.15, -0.1) is 11.3 Å². The molecule has 0 spiro atoms. The Bertz CT molecular complexity index is 597. The van der Waals surface area contributed by atoms with Crippen LogP contribution in [0.3, 0.4) is 0 Å². The molecule has 2 heterocycles. The lowest BCUT2D eigenvalue weighted by Gasteiger charge is -2.20. The number of para-hydroxylation sites is 2. The van der Waals surface area contributed by atoms with Crippen LogP contribution in [0.2, 0.25) is 0 Å². The van der Waals surface area contributed by atoms with Crippen LogP contribution in [0.1, 0.15) is 26.0 Å². The number of hydrogen-bond acceptors (Lipinski definition) is 5. The van der Waals surface area contributed by atoms with Crippen LogP contribution >= 0.6 is 11.3 Å². The highest BCUT2D eigenvalue weighted by atomic mass is 32.1. The van der Waals surface area contributed by atoms with Crippen LogP contribution in [-0.4, -0.2) is 24.2 Å². The average Bonchev–Trinajstić information content (AvgIpc) is 2.84. The van der Waals surface area contributed by atoms with Crippen LogP contribution < -0.4 is 15.0 Å². The largest absolute Gasteiger partial charge is 0.491 e. The molecular weight excluding hydrogens is 282 g/mol. The topological polar surface area (TPSA) is 37.4 Å². The van der Waals surface area contributed by atoms with Crippen molar-refractivity contribution < 1.29 is 4.74 Å². The van der Waals surface area contributed by atoms with Gasteiger partial charge in [0.15, 0.2) is 5.13 Å². The third kappa shape index (κ3) is 3.36. The molecule has 4 nitrogen and oxygen atoms in total. The van der Waals surface area contributed by atoms with E-state index in [0.29, 0.717) is 6.04 Å². The number of nitrogens with one attached hydrogen (secondary N) is 1. The lowest BCUT2D eigenvalue weighted by Crippen LogP contribution is -2.22. The monoisotopic (exact) mass is 303 g/mol. The first-order valence-electron chi connectivity index (χ1n) is 7.41. The minimum Gasteiger partial charge on any atom is -0.491 e. The Balaban J connectivity index is 1.83. The summed E-state index contributed by atoms with van der Waals surface area (Å²) in [7, 11) is 0. The summed E-state index contributed by atoms with van der Waals surface area (Å²) in [4.78, 5) is 7.04. The summed E-state index contributed by atoms with van der Waals surface area (Å²) in [6, 6.07) is 8.68. The molecule has 1 aliphatic heterocycles. The maximum atomic E-state index is 5.81. The van der Waals surface area contributed by atoms with Gasteiger partial charge in [0, 0.05) is 24.5 Å². The maximum Gasteiger partial charge on any atom is 0.190 e. The van der Waals surface area contributed by atoms with Crippen molar-refractivity contribution in [2.24, 2.45) is 0 Å². The van der Waals surface area contributed by atoms with Crippen molar-refractivity contribution in [1.82, 2.24) is 10.3 Å². The maximum absolute atomic E-state index is 5.81. The summed E-state index contributed by atoms with van der Waals surface area (Å²) in [5.41, 5.74) is 2.22. The van der Waals surface area contributed by atoms with Gasteiger partial charge in [0.2, 0.25) is 0 Å². The molecule has 0 aliphatic carbocycles. The fraction of sp³-hybridized carbons (Fsp3) is 0.438. The first-order valence-corrected chi connectivity index (χ1v) is 8.29. The summed E-state index contributed by atoms with van der Waals surface area (Å²) in [6.45, 7) is 6.83. The van der Waals surface area contributed by atoms with Crippen molar-refractivity contribution in [3.05, 3.63) is 35.3 Å². The second-order valence-electron chi connectivity index (χ2n) is 5.48. The first-order chi connectivity index (χ1) is 10.2. The molecule has 112 valence electrons. The lowest BCUT2D eigenvalue weighted by molar-refractivity contribution is 0.322. The van der Waals surface area contributed by atoms with Gasteiger partial charge in [-0.3, -0.25) is 0 Å². The van der Waals surface area contributed by atoms with Gasteiger partial charge in [0.1, 0.15) is 5.75 Å². The van der Waals surface area contributed by atoms with Crippen molar-refractivity contribution in [2.75, 3.05) is 18.1 Å². The zero-order valence-corrected chi connectivity index (χ0v) is 13.3. The zero-order chi connectivity index (χ0) is 14.7. The SMILES string of the molecule is CC(C)NCc1csc(N2CCCOc3ccccc32)n1. The van der Waals surface area contributed by atoms with Gasteiger partial charge >= 0.3 is 0 Å². The number of ether oxygens (including phenoxy) is 1. The fourth-order valence-corrected chi connectivity index (χ4v) is 3.20. The van der Waals surface area contributed by atoms with Gasteiger partial charge in [0.05, 0.1) is 18.0 Å². The Kier molecular flexibility index (Phi) is 4.41. The second-order valence-corrected chi connectivity index (χ2v) is 6.31. The normalized spacial score (nSPS) is 14.7. The number of thiazole rings is 1. The third-order valence-corrected chi connectivity index (χ3v) is 4.31. The number of benzene rings is 1. The van der Waals surface area contributed by atoms with Crippen molar-refractivity contribution >= 4 is 22.2 Å². The van der Waals surface area contributed by atoms with E-state index in [1.54, 1.807) is 11.3 Å². The van der Waals surface area contributed by atoms with E-state index < -0.39 is 0 Å². The van der Waals surface area contributed by atoms with E-state index in [2.05, 4.69) is 41.6 Å². The number of anilines is 2. The lowest BCUT2D eigenvalue weighted by atomic mass is 10.2. The van der Waals surface area contributed by atoms with E-state index in [1.807, 2.05) is 12.1 Å². The molecule has 3 rings (SSSR count). The summed E-state index contributed by atoms with van der Waals surface area (Å²) in [5.74, 6) is 0.951. The van der Waals surface area contributed by atoms with Crippen LogP contribution in [0, 0.1) is 0 Å². The van der Waals surface area contributed by atoms with Gasteiger partial charge in [-0.05, 0) is 18.6 Å². The fourth-order valence-electron chi connectivity index (χ4n) is 2.34. The summed E-state index contributed by atoms with van der Waals surface area (Å²) >= 11 is 1.70. The van der Waals surface area contributed by atoms with Gasteiger partial charge in [0.25, 0.3) is 0 Å². The molecule has 5 heteroatoms. The Morgan fingerprint density at radius 3 is 3.10 bits per heavy atom. The average molecular weight is 303 g/mol. The molecule has 21 heavy (non-hydrogen) atoms. The van der Waals surface area contributed by atoms with E-state index in [0.717, 1.165) is 48.4 Å². The van der Waals surface area contributed by atoms with Crippen LogP contribution in [0.5, 0.6) is 5.75 Å². The molecule has 0 radical (unpaired) electrons. The molecule has 1 N–H and O–H groups in total. The second kappa shape index (κ2) is 6.45. The van der Waals surface area contributed by atoms with Crippen LogP contribution in [0.25, 0.3) is 0 Å². The molecule has 0 atom stereocenters. The highest BCUT2D eigenvalue weighted by molar-refractivity contribution is 7.13. The van der Waals surface area contributed by atoms with Gasteiger partial charge in [-0.1, -0.05) is 26.0 Å². The molecule has 0 unspecified atom stereocenters. The number of rotatable bonds is 4. The Hall–Kier alpha value is -1.59. The summed E-state index contributed by atoms with van der Waals surface area (Å²) in [6.07, 6.45) is 1.01. The molecule has 0 saturated heterocycles. The Labute approximate surface area is 129 Å². The molecule has 0 bridgehead atoms. The third-order valence-electron chi connectivity index (χ3n) is 3.40. The number of hydrogen-bond donors (Lipinski definition) is 1. The Morgan fingerprint density at radius 2 is 2.24 bits per heavy atom. The van der Waals surface area contributed by atoms with Crippen LogP contribution in [0.15, 0.2) is 29.6 Å². The number of nitrogens with zero attached hydrogens (tertiary/aromatic N) is 2. The number of fused-ring (bicyclic) bond motifs is 1. The molecule has 1 aromatic heterocycles. The Morgan fingerprint density at radius 1 is 1.38 bits per heavy atom. The standard InChI is InChI=1S/C16H21N3OS/c1-12(2)17-10-13-11-21-16(18-13)19-8-5-9-20-15-7-4-3-6-14(15)19/h3-4,6-7,11-12,17H,5,8-10H2,1-2H3. The molecular formula is C16H21N3OS. The first kappa shape index (κ1) is 14.4. The highest BCUT2D eigenvalue weighted by Crippen LogP contribution is 2.37. The van der Waals surface area contributed by atoms with Crippen molar-refractivity contribution in [3.8, 4) is 5.75 Å². The minimum absolute atomic E-state index is 0.475. The molecule has 0 fully saturated rings. The minimum atomic E-state index is 0.475. The summed E-state index contributed by atoms with van der Waals surface area (Å²) < 4.78 is 5.81. The van der Waals surface area contributed by atoms with Crippen LogP contribution in [0.4, 0.5) is 10.8 Å². The predicted octanol–water partition coefficient (Wildman–Crippen LogP) is 3.56. The molecule has 1 aliphatic rings. The zero-order valence-electron chi connectivity index (χ0n) is 12.5. The van der Waals surface area contributed by atoms with Crippen molar-refractivity contribution in [2.45, 2.75) is 32.9 Å². The van der Waals surface area contributed by atoms with E-state index in [9.17, 15) is 0 Å². The predicted molar refractivity (Wildman–Crippen MR) is 87.6 cm³/mol. The smallest absolute Gasteiger partial charge is 0.190 e. The molecule has 0 saturated carbocycles. The molecule has 1 aromatic carbocycles. The van der Waals surface area contributed by atoms with Crippen molar-refractivity contribution in [1.29, 1.82) is 0 Å². The van der Waals surface area contributed by atoms with E-state index in [-0.39, 0.29) is 0 Å². The van der Waals surface area contributed by atoms with E-state index in [4.69, 9.17) is 9.72 Å². The van der Waals surface area contributed by atoms with Crippen LogP contribution in [-0.2, 0) is 6.54 Å². The van der Waals surface area contributed by atoms with Crippen molar-refractivity contribution in [3.63, 3.8) is 0 Å².